The first-order chi connectivity index (χ1) is 8.91. The summed E-state index contributed by atoms with van der Waals surface area (Å²) in [4.78, 5) is 0. The Hall–Kier alpha value is -2.43. The molecule has 0 saturated heterocycles. The molecule has 1 heterocycles. The lowest BCUT2D eigenvalue weighted by Crippen LogP contribution is -2.16. The van der Waals surface area contributed by atoms with Crippen LogP contribution in [0.1, 0.15) is 17.0 Å². The van der Waals surface area contributed by atoms with E-state index in [9.17, 15) is 17.6 Å². The number of alkyl halides is 3. The Morgan fingerprint density at radius 2 is 2.05 bits per heavy atom. The highest BCUT2D eigenvalue weighted by molar-refractivity contribution is 5.28. The van der Waals surface area contributed by atoms with Crippen molar-refractivity contribution in [1.82, 2.24) is 15.0 Å². The number of rotatable bonds is 2. The van der Waals surface area contributed by atoms with E-state index in [1.165, 1.54) is 24.3 Å². The second kappa shape index (κ2) is 4.68. The summed E-state index contributed by atoms with van der Waals surface area (Å²) >= 11 is 0. The fourth-order valence-electron chi connectivity index (χ4n) is 1.59. The molecule has 0 amide bonds. The van der Waals surface area contributed by atoms with Crippen LogP contribution in [-0.2, 0) is 12.7 Å². The van der Waals surface area contributed by atoms with Gasteiger partial charge in [0.05, 0.1) is 6.54 Å². The van der Waals surface area contributed by atoms with E-state index >= 15 is 0 Å². The molecule has 0 aliphatic rings. The molecule has 0 aliphatic heterocycles. The zero-order valence-corrected chi connectivity index (χ0v) is 9.32. The summed E-state index contributed by atoms with van der Waals surface area (Å²) in [6, 6.07) is 6.43. The van der Waals surface area contributed by atoms with E-state index in [4.69, 9.17) is 5.26 Å². The number of benzene rings is 1. The van der Waals surface area contributed by atoms with E-state index in [0.29, 0.717) is 10.2 Å². The molecule has 0 N–H and O–H groups in total. The number of halogens is 4. The summed E-state index contributed by atoms with van der Waals surface area (Å²) in [5.74, 6) is -0.563. The Morgan fingerprint density at radius 3 is 2.63 bits per heavy atom. The van der Waals surface area contributed by atoms with Crippen LogP contribution < -0.4 is 0 Å². The minimum absolute atomic E-state index is 0.292. The van der Waals surface area contributed by atoms with Gasteiger partial charge in [-0.05, 0) is 17.7 Å². The minimum atomic E-state index is -4.75. The van der Waals surface area contributed by atoms with Gasteiger partial charge in [-0.3, -0.25) is 0 Å². The fourth-order valence-corrected chi connectivity index (χ4v) is 1.59. The van der Waals surface area contributed by atoms with Crippen molar-refractivity contribution in [1.29, 1.82) is 5.26 Å². The maximum absolute atomic E-state index is 13.0. The van der Waals surface area contributed by atoms with Crippen molar-refractivity contribution in [3.8, 4) is 6.07 Å². The zero-order chi connectivity index (χ0) is 14.0. The van der Waals surface area contributed by atoms with Crippen molar-refractivity contribution < 1.29 is 17.6 Å². The normalized spacial score (nSPS) is 11.3. The highest BCUT2D eigenvalue weighted by atomic mass is 19.4. The van der Waals surface area contributed by atoms with Gasteiger partial charge in [0, 0.05) is 0 Å². The number of nitriles is 1. The first-order valence-electron chi connectivity index (χ1n) is 5.07. The van der Waals surface area contributed by atoms with E-state index in [1.807, 2.05) is 0 Å². The maximum Gasteiger partial charge on any atom is 0.436 e. The van der Waals surface area contributed by atoms with Gasteiger partial charge in [0.1, 0.15) is 11.9 Å². The average Bonchev–Trinajstić information content (AvgIpc) is 2.71. The third kappa shape index (κ3) is 2.70. The van der Waals surface area contributed by atoms with E-state index in [0.717, 1.165) is 6.07 Å². The molecule has 0 aliphatic carbocycles. The van der Waals surface area contributed by atoms with Crippen molar-refractivity contribution in [2.24, 2.45) is 0 Å². The van der Waals surface area contributed by atoms with Crippen molar-refractivity contribution in [2.45, 2.75) is 12.7 Å². The molecule has 0 radical (unpaired) electrons. The fraction of sp³-hybridized carbons (Fsp3) is 0.182. The van der Waals surface area contributed by atoms with Crippen LogP contribution in [0.3, 0.4) is 0 Å². The quantitative estimate of drug-likeness (QED) is 0.787. The lowest BCUT2D eigenvalue weighted by atomic mass is 10.2. The Bertz CT molecular complexity index is 639. The molecule has 2 aromatic rings. The van der Waals surface area contributed by atoms with E-state index < -0.39 is 23.4 Å². The van der Waals surface area contributed by atoms with Gasteiger partial charge in [-0.25, -0.2) is 9.07 Å². The van der Waals surface area contributed by atoms with Gasteiger partial charge >= 0.3 is 6.18 Å². The summed E-state index contributed by atoms with van der Waals surface area (Å²) in [6.45, 7) is -0.318. The van der Waals surface area contributed by atoms with Crippen LogP contribution in [0.25, 0.3) is 0 Å². The lowest BCUT2D eigenvalue weighted by Gasteiger charge is -2.09. The average molecular weight is 270 g/mol. The molecule has 4 nitrogen and oxygen atoms in total. The summed E-state index contributed by atoms with van der Waals surface area (Å²) in [7, 11) is 0. The number of aromatic nitrogens is 3. The molecule has 98 valence electrons. The molecule has 1 aromatic heterocycles. The smallest absolute Gasteiger partial charge is 0.234 e. The number of nitrogens with zero attached hydrogens (tertiary/aromatic N) is 4. The Morgan fingerprint density at radius 1 is 1.32 bits per heavy atom. The summed E-state index contributed by atoms with van der Waals surface area (Å²) in [5.41, 5.74) is -1.75. The van der Waals surface area contributed by atoms with Crippen LogP contribution >= 0.6 is 0 Å². The van der Waals surface area contributed by atoms with Gasteiger partial charge < -0.3 is 0 Å². The van der Waals surface area contributed by atoms with Crippen LogP contribution in [0.2, 0.25) is 0 Å². The molecule has 19 heavy (non-hydrogen) atoms. The molecule has 0 unspecified atom stereocenters. The van der Waals surface area contributed by atoms with E-state index in [2.05, 4.69) is 10.3 Å². The van der Waals surface area contributed by atoms with Gasteiger partial charge in [0.25, 0.3) is 0 Å². The van der Waals surface area contributed by atoms with Crippen molar-refractivity contribution in [3.05, 3.63) is 47.0 Å². The number of hydrogen-bond acceptors (Lipinski definition) is 3. The highest BCUT2D eigenvalue weighted by Crippen LogP contribution is 2.31. The molecule has 0 bridgehead atoms. The van der Waals surface area contributed by atoms with Crippen LogP contribution in [0.5, 0.6) is 0 Å². The van der Waals surface area contributed by atoms with Crippen molar-refractivity contribution >= 4 is 0 Å². The highest BCUT2D eigenvalue weighted by Gasteiger charge is 2.39. The van der Waals surface area contributed by atoms with Crippen molar-refractivity contribution in [3.63, 3.8) is 0 Å². The second-order valence-corrected chi connectivity index (χ2v) is 3.68. The monoisotopic (exact) mass is 270 g/mol. The Kier molecular flexibility index (Phi) is 3.21. The van der Waals surface area contributed by atoms with Crippen LogP contribution in [0, 0.1) is 17.1 Å². The Balaban J connectivity index is 2.42. The zero-order valence-electron chi connectivity index (χ0n) is 9.32. The van der Waals surface area contributed by atoms with Crippen molar-refractivity contribution in [2.75, 3.05) is 0 Å². The molecule has 0 saturated carbocycles. The molecule has 0 spiro atoms. The summed E-state index contributed by atoms with van der Waals surface area (Å²) < 4.78 is 51.8. The third-order valence-electron chi connectivity index (χ3n) is 2.33. The topological polar surface area (TPSA) is 54.5 Å². The van der Waals surface area contributed by atoms with Gasteiger partial charge in [-0.15, -0.1) is 5.10 Å². The molecule has 8 heteroatoms. The summed E-state index contributed by atoms with van der Waals surface area (Å²) in [5, 5.41) is 15.0. The second-order valence-electron chi connectivity index (χ2n) is 3.68. The van der Waals surface area contributed by atoms with Crippen LogP contribution in [0.15, 0.2) is 24.3 Å². The predicted octanol–water partition coefficient (Wildman–Crippen LogP) is 2.36. The molecule has 2 rings (SSSR count). The lowest BCUT2D eigenvalue weighted by molar-refractivity contribution is -0.144. The standard InChI is InChI=1S/C11H6F4N4/c12-8-3-1-2-7(4-8)6-19-10(11(13,14)15)9(5-16)17-18-19/h1-4H,6H2. The van der Waals surface area contributed by atoms with Gasteiger partial charge in [0.15, 0.2) is 11.4 Å². The first-order valence-corrected chi connectivity index (χ1v) is 5.07. The van der Waals surface area contributed by atoms with Gasteiger partial charge in [0.2, 0.25) is 0 Å². The molecular weight excluding hydrogens is 264 g/mol. The van der Waals surface area contributed by atoms with E-state index in [1.54, 1.807) is 0 Å². The molecule has 0 fully saturated rings. The molecule has 1 aromatic carbocycles. The maximum atomic E-state index is 13.0. The SMILES string of the molecule is N#Cc1nnn(Cc2cccc(F)c2)c1C(F)(F)F. The van der Waals surface area contributed by atoms with E-state index in [-0.39, 0.29) is 6.54 Å². The van der Waals surface area contributed by atoms with Gasteiger partial charge in [-0.2, -0.15) is 18.4 Å². The summed E-state index contributed by atoms with van der Waals surface area (Å²) in [6.07, 6.45) is -4.75. The molecule has 0 atom stereocenters. The predicted molar refractivity (Wildman–Crippen MR) is 55.2 cm³/mol. The van der Waals surface area contributed by atoms with Gasteiger partial charge in [-0.1, -0.05) is 17.3 Å². The Labute approximate surface area is 104 Å². The molecular formula is C11H6F4N4. The third-order valence-corrected chi connectivity index (χ3v) is 2.33. The largest absolute Gasteiger partial charge is 0.436 e. The van der Waals surface area contributed by atoms with Crippen LogP contribution in [0.4, 0.5) is 17.6 Å². The number of hydrogen-bond donors (Lipinski definition) is 0. The first kappa shape index (κ1) is 13.0. The minimum Gasteiger partial charge on any atom is -0.234 e. The van der Waals surface area contributed by atoms with Crippen LogP contribution in [-0.4, -0.2) is 15.0 Å².